The average Bonchev–Trinajstić information content (AvgIpc) is 3.22. The molecule has 1 aliphatic rings. The molecule has 0 radical (unpaired) electrons. The summed E-state index contributed by atoms with van der Waals surface area (Å²) in [4.78, 5) is 0. The van der Waals surface area contributed by atoms with Gasteiger partial charge in [0.2, 0.25) is 0 Å². The van der Waals surface area contributed by atoms with E-state index in [-0.39, 0.29) is 12.1 Å². The predicted molar refractivity (Wildman–Crippen MR) is 82.2 cm³/mol. The van der Waals surface area contributed by atoms with E-state index in [0.29, 0.717) is 0 Å². The lowest BCUT2D eigenvalue weighted by molar-refractivity contribution is 0.103. The first-order chi connectivity index (χ1) is 9.69. The Morgan fingerprint density at radius 1 is 1.20 bits per heavy atom. The first-order valence-corrected chi connectivity index (χ1v) is 7.76. The van der Waals surface area contributed by atoms with Crippen molar-refractivity contribution < 1.29 is 9.47 Å². The van der Waals surface area contributed by atoms with Crippen molar-refractivity contribution in [1.82, 2.24) is 5.32 Å². The van der Waals surface area contributed by atoms with Crippen LogP contribution in [0.5, 0.6) is 5.75 Å². The summed E-state index contributed by atoms with van der Waals surface area (Å²) >= 11 is 0. The highest BCUT2D eigenvalue weighted by molar-refractivity contribution is 5.29. The highest BCUT2D eigenvalue weighted by atomic mass is 16.5. The monoisotopic (exact) mass is 277 g/mol. The summed E-state index contributed by atoms with van der Waals surface area (Å²) in [6.45, 7) is 8.82. The summed E-state index contributed by atoms with van der Waals surface area (Å²) in [6, 6.07) is 8.62. The third-order valence-electron chi connectivity index (χ3n) is 3.44. The van der Waals surface area contributed by atoms with Crippen LogP contribution in [-0.2, 0) is 4.74 Å². The van der Waals surface area contributed by atoms with E-state index in [9.17, 15) is 0 Å². The van der Waals surface area contributed by atoms with Gasteiger partial charge in [0.15, 0.2) is 0 Å². The summed E-state index contributed by atoms with van der Waals surface area (Å²) in [5.41, 5.74) is 1.26. The second-order valence-corrected chi connectivity index (χ2v) is 5.83. The predicted octanol–water partition coefficient (Wildman–Crippen LogP) is 3.55. The normalized spacial score (nSPS) is 16.4. The third-order valence-corrected chi connectivity index (χ3v) is 3.44. The lowest BCUT2D eigenvalue weighted by Crippen LogP contribution is -2.25. The van der Waals surface area contributed by atoms with Gasteiger partial charge in [-0.05, 0) is 56.8 Å². The fourth-order valence-corrected chi connectivity index (χ4v) is 2.21. The number of benzene rings is 1. The fraction of sp³-hybridized carbons (Fsp3) is 0.647. The Balaban J connectivity index is 1.88. The molecule has 0 saturated heterocycles. The molecule has 1 saturated carbocycles. The Bertz CT molecular complexity index is 384. The van der Waals surface area contributed by atoms with Crippen LogP contribution in [0.2, 0.25) is 0 Å². The number of rotatable bonds is 9. The van der Waals surface area contributed by atoms with Gasteiger partial charge in [-0.15, -0.1) is 0 Å². The van der Waals surface area contributed by atoms with Crippen LogP contribution in [-0.4, -0.2) is 25.9 Å². The van der Waals surface area contributed by atoms with E-state index in [4.69, 9.17) is 9.47 Å². The zero-order chi connectivity index (χ0) is 14.4. The Labute approximate surface area is 122 Å². The van der Waals surface area contributed by atoms with Gasteiger partial charge in [-0.2, -0.15) is 0 Å². The maximum absolute atomic E-state index is 5.83. The molecule has 1 N–H and O–H groups in total. The minimum Gasteiger partial charge on any atom is -0.491 e. The second kappa shape index (κ2) is 7.65. The zero-order valence-electron chi connectivity index (χ0n) is 12.9. The van der Waals surface area contributed by atoms with Crippen molar-refractivity contribution in [2.24, 2.45) is 5.92 Å². The largest absolute Gasteiger partial charge is 0.491 e. The minimum absolute atomic E-state index is 0.215. The number of likely N-dealkylation sites (N-methyl/N-ethyl adjacent to an activating group) is 1. The van der Waals surface area contributed by atoms with E-state index < -0.39 is 0 Å². The molecule has 0 aliphatic heterocycles. The quantitative estimate of drug-likeness (QED) is 0.749. The Morgan fingerprint density at radius 2 is 1.90 bits per heavy atom. The van der Waals surface area contributed by atoms with E-state index in [2.05, 4.69) is 24.4 Å². The number of hydrogen-bond donors (Lipinski definition) is 1. The average molecular weight is 277 g/mol. The molecule has 1 fully saturated rings. The number of hydrogen-bond acceptors (Lipinski definition) is 3. The van der Waals surface area contributed by atoms with Crippen molar-refractivity contribution in [1.29, 1.82) is 0 Å². The molecule has 0 aromatic heterocycles. The molecule has 20 heavy (non-hydrogen) atoms. The van der Waals surface area contributed by atoms with Crippen molar-refractivity contribution in [3.8, 4) is 5.75 Å². The SMILES string of the molecule is CCNC(COCC1CC1)c1ccc(OC(C)C)cc1. The van der Waals surface area contributed by atoms with Gasteiger partial charge >= 0.3 is 0 Å². The van der Waals surface area contributed by atoms with Gasteiger partial charge in [0.25, 0.3) is 0 Å². The van der Waals surface area contributed by atoms with Crippen molar-refractivity contribution in [2.45, 2.75) is 45.8 Å². The molecule has 2 rings (SSSR count). The number of ether oxygens (including phenoxy) is 2. The molecule has 112 valence electrons. The summed E-state index contributed by atoms with van der Waals surface area (Å²) < 4.78 is 11.5. The molecule has 1 aromatic carbocycles. The molecule has 3 nitrogen and oxygen atoms in total. The molecule has 3 heteroatoms. The molecule has 1 unspecified atom stereocenters. The Morgan fingerprint density at radius 3 is 2.45 bits per heavy atom. The number of nitrogens with one attached hydrogen (secondary N) is 1. The molecule has 0 bridgehead atoms. The van der Waals surface area contributed by atoms with Gasteiger partial charge in [-0.3, -0.25) is 0 Å². The van der Waals surface area contributed by atoms with Crippen LogP contribution in [0.1, 0.15) is 45.2 Å². The van der Waals surface area contributed by atoms with Gasteiger partial charge < -0.3 is 14.8 Å². The molecule has 0 amide bonds. The minimum atomic E-state index is 0.215. The summed E-state index contributed by atoms with van der Waals surface area (Å²) in [6.07, 6.45) is 2.90. The van der Waals surface area contributed by atoms with Gasteiger partial charge in [-0.1, -0.05) is 19.1 Å². The van der Waals surface area contributed by atoms with Crippen LogP contribution in [0.15, 0.2) is 24.3 Å². The van der Waals surface area contributed by atoms with E-state index in [1.165, 1.54) is 18.4 Å². The van der Waals surface area contributed by atoms with Crippen molar-refractivity contribution in [2.75, 3.05) is 19.8 Å². The third kappa shape index (κ3) is 5.14. The molecule has 1 aliphatic carbocycles. The maximum Gasteiger partial charge on any atom is 0.119 e. The van der Waals surface area contributed by atoms with E-state index >= 15 is 0 Å². The van der Waals surface area contributed by atoms with Crippen molar-refractivity contribution in [3.05, 3.63) is 29.8 Å². The summed E-state index contributed by atoms with van der Waals surface area (Å²) in [5.74, 6) is 1.75. The van der Waals surface area contributed by atoms with E-state index in [0.717, 1.165) is 31.4 Å². The smallest absolute Gasteiger partial charge is 0.119 e. The van der Waals surface area contributed by atoms with E-state index in [1.807, 2.05) is 26.0 Å². The summed E-state index contributed by atoms with van der Waals surface area (Å²) in [7, 11) is 0. The first kappa shape index (κ1) is 15.3. The van der Waals surface area contributed by atoms with Crippen LogP contribution in [0.3, 0.4) is 0 Å². The van der Waals surface area contributed by atoms with Gasteiger partial charge in [0, 0.05) is 6.61 Å². The van der Waals surface area contributed by atoms with Crippen LogP contribution in [0, 0.1) is 5.92 Å². The lowest BCUT2D eigenvalue weighted by Gasteiger charge is -2.19. The second-order valence-electron chi connectivity index (χ2n) is 5.83. The topological polar surface area (TPSA) is 30.5 Å². The maximum atomic E-state index is 5.83. The zero-order valence-corrected chi connectivity index (χ0v) is 12.9. The fourth-order valence-electron chi connectivity index (χ4n) is 2.21. The standard InChI is InChI=1S/C17H27NO2/c1-4-18-17(12-19-11-14-5-6-14)15-7-9-16(10-8-15)20-13(2)3/h7-10,13-14,17-18H,4-6,11-12H2,1-3H3. The lowest BCUT2D eigenvalue weighted by atomic mass is 10.1. The first-order valence-electron chi connectivity index (χ1n) is 7.76. The van der Waals surface area contributed by atoms with E-state index in [1.54, 1.807) is 0 Å². The van der Waals surface area contributed by atoms with Crippen molar-refractivity contribution >= 4 is 0 Å². The Hall–Kier alpha value is -1.06. The molecular formula is C17H27NO2. The highest BCUT2D eigenvalue weighted by Crippen LogP contribution is 2.29. The molecule has 0 spiro atoms. The van der Waals surface area contributed by atoms with Crippen LogP contribution in [0.25, 0.3) is 0 Å². The van der Waals surface area contributed by atoms with Gasteiger partial charge in [-0.25, -0.2) is 0 Å². The highest BCUT2D eigenvalue weighted by Gasteiger charge is 2.22. The van der Waals surface area contributed by atoms with Gasteiger partial charge in [0.1, 0.15) is 5.75 Å². The summed E-state index contributed by atoms with van der Waals surface area (Å²) in [5, 5.41) is 3.49. The van der Waals surface area contributed by atoms with Crippen LogP contribution >= 0.6 is 0 Å². The van der Waals surface area contributed by atoms with Crippen LogP contribution in [0.4, 0.5) is 0 Å². The molecule has 0 heterocycles. The Kier molecular flexibility index (Phi) is 5.86. The molecular weight excluding hydrogens is 250 g/mol. The van der Waals surface area contributed by atoms with Crippen molar-refractivity contribution in [3.63, 3.8) is 0 Å². The molecule has 1 aromatic rings. The molecule has 1 atom stereocenters. The van der Waals surface area contributed by atoms with Gasteiger partial charge in [0.05, 0.1) is 18.8 Å². The van der Waals surface area contributed by atoms with Crippen LogP contribution < -0.4 is 10.1 Å².